The average Bonchev–Trinajstić information content (AvgIpc) is 2.38. The summed E-state index contributed by atoms with van der Waals surface area (Å²) in [6.07, 6.45) is 3.20. The van der Waals surface area contributed by atoms with Crippen LogP contribution in [-0.4, -0.2) is 24.5 Å². The van der Waals surface area contributed by atoms with Gasteiger partial charge < -0.3 is 21.1 Å². The molecule has 0 atom stereocenters. The van der Waals surface area contributed by atoms with Gasteiger partial charge >= 0.3 is 0 Å². The number of carbonyl (C=O) groups excluding carboxylic acids is 2. The molecule has 6 heteroatoms. The highest BCUT2D eigenvalue weighted by molar-refractivity contribution is 5.94. The van der Waals surface area contributed by atoms with E-state index in [1.54, 1.807) is 18.2 Å². The van der Waals surface area contributed by atoms with Gasteiger partial charge in [0.1, 0.15) is 5.75 Å². The van der Waals surface area contributed by atoms with E-state index in [0.29, 0.717) is 23.5 Å². The summed E-state index contributed by atoms with van der Waals surface area (Å²) in [5.41, 5.74) is 6.90. The monoisotopic (exact) mass is 291 g/mol. The Morgan fingerprint density at radius 3 is 2.57 bits per heavy atom. The summed E-state index contributed by atoms with van der Waals surface area (Å²) in [5, 5.41) is 5.47. The van der Waals surface area contributed by atoms with Gasteiger partial charge in [-0.15, -0.1) is 0 Å². The van der Waals surface area contributed by atoms with Crippen LogP contribution in [0.15, 0.2) is 18.2 Å². The van der Waals surface area contributed by atoms with Crippen molar-refractivity contribution in [2.24, 2.45) is 5.73 Å². The van der Waals surface area contributed by atoms with Gasteiger partial charge in [0.2, 0.25) is 11.8 Å². The molecule has 1 aliphatic carbocycles. The minimum absolute atomic E-state index is 0.105. The van der Waals surface area contributed by atoms with E-state index >= 15 is 0 Å². The van der Waals surface area contributed by atoms with Crippen molar-refractivity contribution in [3.8, 4) is 5.75 Å². The number of rotatable bonds is 5. The third-order valence-corrected chi connectivity index (χ3v) is 3.66. The van der Waals surface area contributed by atoms with Gasteiger partial charge in [-0.3, -0.25) is 9.59 Å². The predicted molar refractivity (Wildman–Crippen MR) is 81.3 cm³/mol. The van der Waals surface area contributed by atoms with Crippen molar-refractivity contribution in [1.29, 1.82) is 0 Å². The van der Waals surface area contributed by atoms with Gasteiger partial charge in [-0.1, -0.05) is 0 Å². The number of carbonyl (C=O) groups is 2. The Kier molecular flexibility index (Phi) is 4.47. The van der Waals surface area contributed by atoms with Gasteiger partial charge in [0, 0.05) is 30.6 Å². The summed E-state index contributed by atoms with van der Waals surface area (Å²) in [6, 6.07) is 5.08. The van der Waals surface area contributed by atoms with Gasteiger partial charge in [-0.2, -0.15) is 0 Å². The van der Waals surface area contributed by atoms with Crippen LogP contribution in [0.3, 0.4) is 0 Å². The second-order valence-electron chi connectivity index (χ2n) is 5.54. The zero-order valence-electron chi connectivity index (χ0n) is 12.4. The first-order valence-electron chi connectivity index (χ1n) is 6.96. The van der Waals surface area contributed by atoms with Gasteiger partial charge in [0.25, 0.3) is 0 Å². The zero-order valence-corrected chi connectivity index (χ0v) is 12.4. The number of amides is 2. The first-order valence-corrected chi connectivity index (χ1v) is 6.96. The molecule has 0 saturated heterocycles. The Hall–Kier alpha value is -2.08. The molecular weight excluding hydrogens is 270 g/mol. The third kappa shape index (κ3) is 3.95. The minimum atomic E-state index is -0.343. The fraction of sp³-hybridized carbons (Fsp3) is 0.467. The number of methoxy groups -OCH3 is 1. The maximum Gasteiger partial charge on any atom is 0.226 e. The first kappa shape index (κ1) is 15.3. The highest BCUT2D eigenvalue weighted by Gasteiger charge is 2.34. The number of anilines is 2. The molecule has 21 heavy (non-hydrogen) atoms. The number of nitrogens with two attached hydrogens (primary N) is 1. The van der Waals surface area contributed by atoms with Crippen LogP contribution in [0.25, 0.3) is 0 Å². The number of benzene rings is 1. The lowest BCUT2D eigenvalue weighted by Crippen LogP contribution is -2.48. The van der Waals surface area contributed by atoms with E-state index in [-0.39, 0.29) is 17.4 Å². The van der Waals surface area contributed by atoms with E-state index in [9.17, 15) is 9.59 Å². The fourth-order valence-corrected chi connectivity index (χ4v) is 2.39. The molecule has 0 bridgehead atoms. The summed E-state index contributed by atoms with van der Waals surface area (Å²) in [4.78, 5) is 23.1. The van der Waals surface area contributed by atoms with Crippen molar-refractivity contribution in [2.75, 3.05) is 17.7 Å². The molecule has 1 aliphatic rings. The lowest BCUT2D eigenvalue weighted by atomic mass is 9.75. The summed E-state index contributed by atoms with van der Waals surface area (Å²) in [7, 11) is 1.51. The number of ether oxygens (including phenoxy) is 1. The minimum Gasteiger partial charge on any atom is -0.494 e. The molecular formula is C15H21N3O3. The molecule has 0 aliphatic heterocycles. The van der Waals surface area contributed by atoms with Gasteiger partial charge in [-0.05, 0) is 31.4 Å². The Bertz CT molecular complexity index is 553. The Morgan fingerprint density at radius 1 is 1.33 bits per heavy atom. The average molecular weight is 291 g/mol. The first-order chi connectivity index (χ1) is 9.92. The molecule has 0 unspecified atom stereocenters. The molecule has 1 fully saturated rings. The molecule has 0 heterocycles. The molecule has 1 aromatic carbocycles. The van der Waals surface area contributed by atoms with Crippen molar-refractivity contribution < 1.29 is 14.3 Å². The van der Waals surface area contributed by atoms with Crippen LogP contribution in [0.4, 0.5) is 11.4 Å². The van der Waals surface area contributed by atoms with Crippen LogP contribution in [0, 0.1) is 0 Å². The second kappa shape index (κ2) is 6.13. The van der Waals surface area contributed by atoms with E-state index in [1.807, 2.05) is 0 Å². The largest absolute Gasteiger partial charge is 0.494 e. The summed E-state index contributed by atoms with van der Waals surface area (Å²) >= 11 is 0. The van der Waals surface area contributed by atoms with Crippen molar-refractivity contribution in [3.05, 3.63) is 18.2 Å². The van der Waals surface area contributed by atoms with Crippen molar-refractivity contribution >= 4 is 23.2 Å². The third-order valence-electron chi connectivity index (χ3n) is 3.66. The summed E-state index contributed by atoms with van der Waals surface area (Å²) in [6.45, 7) is 1.43. The number of hydrogen-bond donors (Lipinski definition) is 3. The maximum atomic E-state index is 12.0. The zero-order chi connectivity index (χ0) is 15.5. The molecule has 0 radical (unpaired) electrons. The smallest absolute Gasteiger partial charge is 0.226 e. The highest BCUT2D eigenvalue weighted by Crippen LogP contribution is 2.33. The van der Waals surface area contributed by atoms with E-state index in [2.05, 4.69) is 10.6 Å². The molecule has 4 N–H and O–H groups in total. The van der Waals surface area contributed by atoms with Crippen LogP contribution >= 0.6 is 0 Å². The summed E-state index contributed by atoms with van der Waals surface area (Å²) in [5.74, 6) is 0.209. The van der Waals surface area contributed by atoms with Crippen molar-refractivity contribution in [3.63, 3.8) is 0 Å². The molecule has 114 valence electrons. The van der Waals surface area contributed by atoms with Gasteiger partial charge in [0.05, 0.1) is 12.8 Å². The Morgan fingerprint density at radius 2 is 2.05 bits per heavy atom. The number of hydrogen-bond acceptors (Lipinski definition) is 4. The molecule has 0 aromatic heterocycles. The standard InChI is InChI=1S/C15H21N3O3/c1-10(19)17-12-5-4-11(8-13(12)21-2)18-14(20)9-15(16)6-3-7-15/h4-5,8H,3,6-7,9,16H2,1-2H3,(H,17,19)(H,18,20). The van der Waals surface area contributed by atoms with E-state index in [4.69, 9.17) is 10.5 Å². The maximum absolute atomic E-state index is 12.0. The van der Waals surface area contributed by atoms with E-state index < -0.39 is 0 Å². The molecule has 6 nitrogen and oxygen atoms in total. The summed E-state index contributed by atoms with van der Waals surface area (Å²) < 4.78 is 5.21. The lowest BCUT2D eigenvalue weighted by Gasteiger charge is -2.37. The number of nitrogens with one attached hydrogen (secondary N) is 2. The second-order valence-corrected chi connectivity index (χ2v) is 5.54. The van der Waals surface area contributed by atoms with Crippen molar-refractivity contribution in [2.45, 2.75) is 38.1 Å². The van der Waals surface area contributed by atoms with Gasteiger partial charge in [0.15, 0.2) is 0 Å². The van der Waals surface area contributed by atoms with Crippen LogP contribution in [0.1, 0.15) is 32.6 Å². The normalized spacial score (nSPS) is 15.8. The Balaban J connectivity index is 2.03. The van der Waals surface area contributed by atoms with Gasteiger partial charge in [-0.25, -0.2) is 0 Å². The highest BCUT2D eigenvalue weighted by atomic mass is 16.5. The molecule has 1 aromatic rings. The quantitative estimate of drug-likeness (QED) is 0.772. The Labute approximate surface area is 124 Å². The predicted octanol–water partition coefficient (Wildman–Crippen LogP) is 1.86. The molecule has 0 spiro atoms. The molecule has 2 amide bonds. The van der Waals surface area contributed by atoms with E-state index in [1.165, 1.54) is 14.0 Å². The topological polar surface area (TPSA) is 93.4 Å². The van der Waals surface area contributed by atoms with E-state index in [0.717, 1.165) is 19.3 Å². The SMILES string of the molecule is COc1cc(NC(=O)CC2(N)CCC2)ccc1NC(C)=O. The van der Waals surface area contributed by atoms with Crippen LogP contribution < -0.4 is 21.1 Å². The lowest BCUT2D eigenvalue weighted by molar-refractivity contribution is -0.118. The molecule has 1 saturated carbocycles. The van der Waals surface area contributed by atoms with Crippen LogP contribution in [0.2, 0.25) is 0 Å². The molecule has 2 rings (SSSR count). The fourth-order valence-electron chi connectivity index (χ4n) is 2.39. The van der Waals surface area contributed by atoms with Crippen molar-refractivity contribution in [1.82, 2.24) is 0 Å². The van der Waals surface area contributed by atoms with Crippen LogP contribution in [-0.2, 0) is 9.59 Å². The van der Waals surface area contributed by atoms with Crippen LogP contribution in [0.5, 0.6) is 5.75 Å².